The summed E-state index contributed by atoms with van der Waals surface area (Å²) in [6.07, 6.45) is 4.97. The third-order valence-electron chi connectivity index (χ3n) is 9.07. The number of methoxy groups -OCH3 is 2. The van der Waals surface area contributed by atoms with E-state index >= 15 is 0 Å². The van der Waals surface area contributed by atoms with E-state index < -0.39 is 5.60 Å². The molecule has 2 aromatic heterocycles. The number of carbonyl (C=O) groups is 1. The Morgan fingerprint density at radius 3 is 2.33 bits per heavy atom. The van der Waals surface area contributed by atoms with Gasteiger partial charge in [0, 0.05) is 63.3 Å². The van der Waals surface area contributed by atoms with Gasteiger partial charge in [-0.15, -0.1) is 0 Å². The lowest BCUT2D eigenvalue weighted by Gasteiger charge is -2.36. The largest absolute Gasteiger partial charge is 0.497 e. The van der Waals surface area contributed by atoms with Gasteiger partial charge in [0.05, 0.1) is 30.9 Å². The molecule has 1 fully saturated rings. The standard InChI is InChI=1S/C38H55N7O4/c1-10-11-14-33-40-34-35(45(33)20-13-12-19-41(5)6)29-25-27(43-21-23-44(24-22-43)37(46)49-38(2,3)4)15-17-30(29)39-36(34)42(7)31-18-16-28(47-8)26-32(31)48-9/h15-18,25-26H,10-14,19-24H2,1-9H3. The molecule has 266 valence electrons. The maximum atomic E-state index is 12.7. The number of hydrogen-bond donors (Lipinski definition) is 0. The SMILES string of the molecule is CCCCc1nc2c(N(C)c3ccc(OC)cc3OC)nc3ccc(N4CCN(C(=O)OC(C)(C)C)CC4)cc3c2n1CCCCN(C)C. The Balaban J connectivity index is 1.60. The fourth-order valence-electron chi connectivity index (χ4n) is 6.45. The maximum absolute atomic E-state index is 12.7. The monoisotopic (exact) mass is 673 g/mol. The summed E-state index contributed by atoms with van der Waals surface area (Å²) >= 11 is 0. The van der Waals surface area contributed by atoms with Crippen molar-refractivity contribution in [1.29, 1.82) is 0 Å². The van der Waals surface area contributed by atoms with E-state index in [4.69, 9.17) is 24.2 Å². The van der Waals surface area contributed by atoms with Crippen LogP contribution in [0.5, 0.6) is 11.5 Å². The summed E-state index contributed by atoms with van der Waals surface area (Å²) in [5, 5.41) is 1.09. The van der Waals surface area contributed by atoms with Gasteiger partial charge in [0.25, 0.3) is 0 Å². The van der Waals surface area contributed by atoms with Crippen LogP contribution in [-0.2, 0) is 17.7 Å². The van der Waals surface area contributed by atoms with Crippen LogP contribution in [0.15, 0.2) is 36.4 Å². The molecule has 0 bridgehead atoms. The number of unbranched alkanes of at least 4 members (excludes halogenated alkanes) is 2. The van der Waals surface area contributed by atoms with E-state index in [1.54, 1.807) is 19.1 Å². The number of pyridine rings is 1. The Labute approximate surface area is 291 Å². The van der Waals surface area contributed by atoms with Crippen molar-refractivity contribution < 1.29 is 19.0 Å². The average molecular weight is 674 g/mol. The Morgan fingerprint density at radius 2 is 1.67 bits per heavy atom. The topological polar surface area (TPSA) is 88.4 Å². The lowest BCUT2D eigenvalue weighted by Crippen LogP contribution is -2.50. The number of hydrogen-bond acceptors (Lipinski definition) is 9. The quantitative estimate of drug-likeness (QED) is 0.138. The molecule has 0 spiro atoms. The third-order valence-corrected chi connectivity index (χ3v) is 9.07. The van der Waals surface area contributed by atoms with Crippen LogP contribution in [0.1, 0.15) is 59.2 Å². The van der Waals surface area contributed by atoms with Crippen molar-refractivity contribution in [2.75, 3.05) is 77.9 Å². The van der Waals surface area contributed by atoms with Crippen LogP contribution in [0, 0.1) is 0 Å². The lowest BCUT2D eigenvalue weighted by atomic mass is 10.1. The second-order valence-corrected chi connectivity index (χ2v) is 14.2. The minimum Gasteiger partial charge on any atom is -0.497 e. The van der Waals surface area contributed by atoms with Gasteiger partial charge in [0.15, 0.2) is 5.82 Å². The fraction of sp³-hybridized carbons (Fsp3) is 0.553. The van der Waals surface area contributed by atoms with Crippen LogP contribution in [0.4, 0.5) is 22.0 Å². The molecule has 2 aromatic carbocycles. The molecule has 0 saturated carbocycles. The number of anilines is 3. The molecule has 1 aliphatic heterocycles. The first-order valence-corrected chi connectivity index (χ1v) is 17.6. The number of aryl methyl sites for hydroxylation is 2. The van der Waals surface area contributed by atoms with Crippen molar-refractivity contribution in [1.82, 2.24) is 24.3 Å². The van der Waals surface area contributed by atoms with E-state index in [0.29, 0.717) is 18.8 Å². The number of carbonyl (C=O) groups excluding carboxylic acids is 1. The van der Waals surface area contributed by atoms with Crippen molar-refractivity contribution in [3.63, 3.8) is 0 Å². The van der Waals surface area contributed by atoms with E-state index in [1.807, 2.05) is 46.0 Å². The van der Waals surface area contributed by atoms with Crippen molar-refractivity contribution in [3.8, 4) is 11.5 Å². The van der Waals surface area contributed by atoms with Crippen LogP contribution in [0.3, 0.4) is 0 Å². The van der Waals surface area contributed by atoms with E-state index in [1.165, 1.54) is 0 Å². The molecule has 1 aliphatic rings. The summed E-state index contributed by atoms with van der Waals surface area (Å²) in [6, 6.07) is 12.4. The second kappa shape index (κ2) is 15.5. The summed E-state index contributed by atoms with van der Waals surface area (Å²) in [5.74, 6) is 3.32. The molecule has 0 unspecified atom stereocenters. The van der Waals surface area contributed by atoms with E-state index in [2.05, 4.69) is 58.5 Å². The molecule has 0 atom stereocenters. The molecule has 5 rings (SSSR count). The zero-order valence-corrected chi connectivity index (χ0v) is 31.0. The predicted octanol–water partition coefficient (Wildman–Crippen LogP) is 7.11. The normalized spacial score (nSPS) is 13.8. The van der Waals surface area contributed by atoms with Gasteiger partial charge in [-0.3, -0.25) is 0 Å². The molecule has 0 radical (unpaired) electrons. The third kappa shape index (κ3) is 8.32. The molecular weight excluding hydrogens is 618 g/mol. The first-order chi connectivity index (χ1) is 23.4. The highest BCUT2D eigenvalue weighted by Gasteiger charge is 2.27. The predicted molar refractivity (Wildman–Crippen MR) is 199 cm³/mol. The van der Waals surface area contributed by atoms with Crippen molar-refractivity contribution in [2.24, 2.45) is 0 Å². The summed E-state index contributed by atoms with van der Waals surface area (Å²) in [7, 11) is 9.62. The fourth-order valence-corrected chi connectivity index (χ4v) is 6.45. The van der Waals surface area contributed by atoms with Crippen molar-refractivity contribution in [3.05, 3.63) is 42.2 Å². The number of imidazole rings is 1. The highest BCUT2D eigenvalue weighted by molar-refractivity contribution is 6.09. The van der Waals surface area contributed by atoms with E-state index in [0.717, 1.165) is 109 Å². The van der Waals surface area contributed by atoms with Gasteiger partial charge in [-0.25, -0.2) is 14.8 Å². The molecule has 49 heavy (non-hydrogen) atoms. The number of aromatic nitrogens is 3. The van der Waals surface area contributed by atoms with Crippen LogP contribution in [-0.4, -0.2) is 104 Å². The highest BCUT2D eigenvalue weighted by atomic mass is 16.6. The molecule has 1 amide bonds. The minimum atomic E-state index is -0.512. The number of benzene rings is 2. The highest BCUT2D eigenvalue weighted by Crippen LogP contribution is 2.40. The summed E-state index contributed by atoms with van der Waals surface area (Å²) < 4.78 is 19.4. The number of nitrogens with zero attached hydrogens (tertiary/aromatic N) is 7. The van der Waals surface area contributed by atoms with Crippen LogP contribution in [0.2, 0.25) is 0 Å². The zero-order chi connectivity index (χ0) is 35.3. The molecular formula is C38H55N7O4. The molecule has 0 N–H and O–H groups in total. The molecule has 1 saturated heterocycles. The minimum absolute atomic E-state index is 0.250. The molecule has 4 aromatic rings. The van der Waals surface area contributed by atoms with Gasteiger partial charge < -0.3 is 38.4 Å². The Hall–Kier alpha value is -4.25. The maximum Gasteiger partial charge on any atom is 0.410 e. The average Bonchev–Trinajstić information content (AvgIpc) is 3.45. The van der Waals surface area contributed by atoms with Gasteiger partial charge >= 0.3 is 6.09 Å². The summed E-state index contributed by atoms with van der Waals surface area (Å²) in [4.78, 5) is 31.9. The summed E-state index contributed by atoms with van der Waals surface area (Å²) in [5.41, 5.74) is 4.40. The Morgan fingerprint density at radius 1 is 0.918 bits per heavy atom. The zero-order valence-electron chi connectivity index (χ0n) is 31.0. The molecule has 11 nitrogen and oxygen atoms in total. The number of fused-ring (bicyclic) bond motifs is 3. The Bertz CT molecular complexity index is 1740. The smallest absolute Gasteiger partial charge is 0.410 e. The van der Waals surface area contributed by atoms with Crippen LogP contribution < -0.4 is 19.3 Å². The van der Waals surface area contributed by atoms with Gasteiger partial charge in [0.2, 0.25) is 0 Å². The molecule has 3 heterocycles. The van der Waals surface area contributed by atoms with Gasteiger partial charge in [-0.2, -0.15) is 0 Å². The van der Waals surface area contributed by atoms with Gasteiger partial charge in [-0.05, 0) is 91.0 Å². The summed E-state index contributed by atoms with van der Waals surface area (Å²) in [6.45, 7) is 12.5. The number of ether oxygens (including phenoxy) is 3. The van der Waals surface area contributed by atoms with Crippen LogP contribution in [0.25, 0.3) is 21.9 Å². The van der Waals surface area contributed by atoms with E-state index in [-0.39, 0.29) is 6.09 Å². The number of rotatable bonds is 13. The number of amides is 1. The second-order valence-electron chi connectivity index (χ2n) is 14.2. The van der Waals surface area contributed by atoms with Crippen molar-refractivity contribution >= 4 is 45.2 Å². The Kier molecular flexibility index (Phi) is 11.4. The lowest BCUT2D eigenvalue weighted by molar-refractivity contribution is 0.0240. The first kappa shape index (κ1) is 36.0. The van der Waals surface area contributed by atoms with Crippen LogP contribution >= 0.6 is 0 Å². The number of piperazine rings is 1. The van der Waals surface area contributed by atoms with Gasteiger partial charge in [-0.1, -0.05) is 13.3 Å². The van der Waals surface area contributed by atoms with Crippen molar-refractivity contribution in [2.45, 2.75) is 71.9 Å². The molecule has 11 heteroatoms. The van der Waals surface area contributed by atoms with E-state index in [9.17, 15) is 4.79 Å². The van der Waals surface area contributed by atoms with Gasteiger partial charge in [0.1, 0.15) is 28.4 Å². The first-order valence-electron chi connectivity index (χ1n) is 17.6. The molecule has 0 aliphatic carbocycles.